The predicted octanol–water partition coefficient (Wildman–Crippen LogP) is 6.00. The largest absolute Gasteiger partial charge is 0.350 e. The van der Waals surface area contributed by atoms with Gasteiger partial charge in [0.1, 0.15) is 5.70 Å². The van der Waals surface area contributed by atoms with E-state index in [2.05, 4.69) is 26.1 Å². The van der Waals surface area contributed by atoms with Crippen molar-refractivity contribution in [3.05, 3.63) is 101 Å². The molecule has 1 aliphatic heterocycles. The summed E-state index contributed by atoms with van der Waals surface area (Å²) >= 11 is 0. The summed E-state index contributed by atoms with van der Waals surface area (Å²) in [5.41, 5.74) is 6.00. The van der Waals surface area contributed by atoms with Gasteiger partial charge in [-0.15, -0.1) is 0 Å². The lowest BCUT2D eigenvalue weighted by molar-refractivity contribution is -0.120. The average molecular weight is 425 g/mol. The van der Waals surface area contributed by atoms with Crippen LogP contribution in [0.15, 0.2) is 78.5 Å². The van der Waals surface area contributed by atoms with E-state index in [-0.39, 0.29) is 17.2 Å². The highest BCUT2D eigenvalue weighted by molar-refractivity contribution is 6.46. The Hall–Kier alpha value is -3.66. The number of amides is 2. The van der Waals surface area contributed by atoms with Crippen molar-refractivity contribution in [3.63, 3.8) is 0 Å². The molecule has 0 fully saturated rings. The normalized spacial score (nSPS) is 14.3. The minimum Gasteiger partial charge on any atom is -0.350 e. The molecule has 4 heteroatoms. The first-order valence-corrected chi connectivity index (χ1v) is 10.8. The molecule has 0 atom stereocenters. The molecule has 4 nitrogen and oxygen atoms in total. The first-order chi connectivity index (χ1) is 15.2. The van der Waals surface area contributed by atoms with Gasteiger partial charge in [-0.25, -0.2) is 4.90 Å². The number of nitrogens with zero attached hydrogens (tertiary/aromatic N) is 1. The molecule has 4 rings (SSSR count). The maximum absolute atomic E-state index is 13.6. The van der Waals surface area contributed by atoms with Gasteiger partial charge in [-0.2, -0.15) is 0 Å². The molecule has 0 aliphatic carbocycles. The number of carbonyl (C=O) groups excluding carboxylic acids is 2. The van der Waals surface area contributed by atoms with Crippen molar-refractivity contribution >= 4 is 28.8 Å². The maximum Gasteiger partial charge on any atom is 0.282 e. The van der Waals surface area contributed by atoms with Gasteiger partial charge in [0.25, 0.3) is 11.8 Å². The number of anilines is 2. The van der Waals surface area contributed by atoms with Crippen LogP contribution in [-0.2, 0) is 15.0 Å². The van der Waals surface area contributed by atoms with Crippen LogP contribution in [0.5, 0.6) is 0 Å². The molecule has 0 spiro atoms. The maximum atomic E-state index is 13.6. The third kappa shape index (κ3) is 3.96. The molecule has 3 aromatic carbocycles. The van der Waals surface area contributed by atoms with E-state index in [9.17, 15) is 9.59 Å². The van der Waals surface area contributed by atoms with Crippen LogP contribution in [0.1, 0.15) is 43.0 Å². The highest BCUT2D eigenvalue weighted by Gasteiger charge is 2.40. The van der Waals surface area contributed by atoms with Gasteiger partial charge >= 0.3 is 0 Å². The zero-order valence-corrected chi connectivity index (χ0v) is 19.2. The van der Waals surface area contributed by atoms with Crippen molar-refractivity contribution in [1.82, 2.24) is 0 Å². The summed E-state index contributed by atoms with van der Waals surface area (Å²) in [7, 11) is 0. The van der Waals surface area contributed by atoms with Crippen molar-refractivity contribution in [3.8, 4) is 0 Å². The van der Waals surface area contributed by atoms with Crippen molar-refractivity contribution in [2.75, 3.05) is 10.2 Å². The van der Waals surface area contributed by atoms with Crippen molar-refractivity contribution in [2.24, 2.45) is 0 Å². The second kappa shape index (κ2) is 8.12. The summed E-state index contributed by atoms with van der Waals surface area (Å²) in [4.78, 5) is 28.4. The van der Waals surface area contributed by atoms with Crippen LogP contribution in [-0.4, -0.2) is 11.8 Å². The number of nitrogens with one attached hydrogen (secondary N) is 1. The fourth-order valence-corrected chi connectivity index (χ4v) is 3.83. The lowest BCUT2D eigenvalue weighted by atomic mass is 9.87. The highest BCUT2D eigenvalue weighted by atomic mass is 16.2. The molecule has 0 aromatic heterocycles. The molecular weight excluding hydrogens is 396 g/mol. The second-order valence-corrected chi connectivity index (χ2v) is 9.30. The molecular formula is C28H28N2O2. The molecule has 1 heterocycles. The SMILES string of the molecule is Cc1ccc(C2=C(Nc3ccccc3C)C(=O)N(c3ccc(C(C)(C)C)cc3)C2=O)cc1. The number of imide groups is 1. The van der Waals surface area contributed by atoms with E-state index in [1.54, 1.807) is 0 Å². The number of para-hydroxylation sites is 1. The number of aryl methyl sites for hydroxylation is 2. The van der Waals surface area contributed by atoms with Crippen molar-refractivity contribution in [1.29, 1.82) is 0 Å². The summed E-state index contributed by atoms with van der Waals surface area (Å²) in [6.07, 6.45) is 0. The Balaban J connectivity index is 1.79. The summed E-state index contributed by atoms with van der Waals surface area (Å²) in [6.45, 7) is 10.4. The molecule has 0 saturated heterocycles. The van der Waals surface area contributed by atoms with E-state index >= 15 is 0 Å². The van der Waals surface area contributed by atoms with Gasteiger partial charge in [0.2, 0.25) is 0 Å². The molecule has 0 saturated carbocycles. The van der Waals surface area contributed by atoms with E-state index in [0.29, 0.717) is 17.0 Å². The zero-order chi connectivity index (χ0) is 23.0. The molecule has 1 aliphatic rings. The van der Waals surface area contributed by atoms with Crippen LogP contribution >= 0.6 is 0 Å². The molecule has 0 radical (unpaired) electrons. The van der Waals surface area contributed by atoms with E-state index in [1.807, 2.05) is 86.6 Å². The molecule has 0 unspecified atom stereocenters. The summed E-state index contributed by atoms with van der Waals surface area (Å²) in [5.74, 6) is -0.671. The van der Waals surface area contributed by atoms with Crippen molar-refractivity contribution < 1.29 is 9.59 Å². The summed E-state index contributed by atoms with van der Waals surface area (Å²) < 4.78 is 0. The average Bonchev–Trinajstić information content (AvgIpc) is 2.99. The molecule has 3 aromatic rings. The van der Waals surface area contributed by atoms with Gasteiger partial charge < -0.3 is 5.32 Å². The van der Waals surface area contributed by atoms with Gasteiger partial charge in [-0.3, -0.25) is 9.59 Å². The summed E-state index contributed by atoms with van der Waals surface area (Å²) in [5, 5.41) is 3.26. The third-order valence-electron chi connectivity index (χ3n) is 5.82. The smallest absolute Gasteiger partial charge is 0.282 e. The van der Waals surface area contributed by atoms with Gasteiger partial charge in [-0.05, 0) is 54.2 Å². The highest BCUT2D eigenvalue weighted by Crippen LogP contribution is 2.35. The van der Waals surface area contributed by atoms with Gasteiger partial charge in [0.15, 0.2) is 0 Å². The fourth-order valence-electron chi connectivity index (χ4n) is 3.83. The van der Waals surface area contributed by atoms with Gasteiger partial charge in [0.05, 0.1) is 11.3 Å². The predicted molar refractivity (Wildman–Crippen MR) is 131 cm³/mol. The van der Waals surface area contributed by atoms with Crippen LogP contribution < -0.4 is 10.2 Å². The lowest BCUT2D eigenvalue weighted by Gasteiger charge is -2.21. The molecule has 1 N–H and O–H groups in total. The van der Waals surface area contributed by atoms with Crippen LogP contribution in [0.25, 0.3) is 5.57 Å². The van der Waals surface area contributed by atoms with Crippen LogP contribution in [0, 0.1) is 13.8 Å². The molecule has 32 heavy (non-hydrogen) atoms. The lowest BCUT2D eigenvalue weighted by Crippen LogP contribution is -2.32. The van der Waals surface area contributed by atoms with Crippen molar-refractivity contribution in [2.45, 2.75) is 40.0 Å². The van der Waals surface area contributed by atoms with Crippen LogP contribution in [0.4, 0.5) is 11.4 Å². The number of benzene rings is 3. The number of rotatable bonds is 4. The number of hydrogen-bond acceptors (Lipinski definition) is 3. The third-order valence-corrected chi connectivity index (χ3v) is 5.82. The van der Waals surface area contributed by atoms with E-state index < -0.39 is 0 Å². The Morgan fingerprint density at radius 3 is 1.97 bits per heavy atom. The minimum atomic E-state index is -0.350. The molecule has 2 amide bonds. The molecule has 162 valence electrons. The number of hydrogen-bond donors (Lipinski definition) is 1. The topological polar surface area (TPSA) is 49.4 Å². The Bertz CT molecular complexity index is 1210. The van der Waals surface area contributed by atoms with Gasteiger partial charge in [-0.1, -0.05) is 80.9 Å². The Kier molecular flexibility index (Phi) is 5.47. The monoisotopic (exact) mass is 424 g/mol. The Labute approximate surface area is 189 Å². The van der Waals surface area contributed by atoms with Crippen LogP contribution in [0.3, 0.4) is 0 Å². The zero-order valence-electron chi connectivity index (χ0n) is 19.2. The minimum absolute atomic E-state index is 0.0135. The number of carbonyl (C=O) groups is 2. The van der Waals surface area contributed by atoms with E-state index in [0.717, 1.165) is 27.9 Å². The first kappa shape index (κ1) is 21.6. The Morgan fingerprint density at radius 1 is 0.750 bits per heavy atom. The van der Waals surface area contributed by atoms with Crippen LogP contribution in [0.2, 0.25) is 0 Å². The molecule has 0 bridgehead atoms. The van der Waals surface area contributed by atoms with E-state index in [1.165, 1.54) is 4.90 Å². The summed E-state index contributed by atoms with van der Waals surface area (Å²) in [6, 6.07) is 23.1. The van der Waals surface area contributed by atoms with E-state index in [4.69, 9.17) is 0 Å². The quantitative estimate of drug-likeness (QED) is 0.523. The Morgan fingerprint density at radius 2 is 1.38 bits per heavy atom. The standard InChI is InChI=1S/C28H28N2O2/c1-18-10-12-20(13-11-18)24-25(29-23-9-7-6-8-19(23)2)27(32)30(26(24)31)22-16-14-21(15-17-22)28(3,4)5/h6-17,29H,1-5H3. The van der Waals surface area contributed by atoms with Gasteiger partial charge in [0, 0.05) is 5.69 Å². The first-order valence-electron chi connectivity index (χ1n) is 10.8. The second-order valence-electron chi connectivity index (χ2n) is 9.30. The fraction of sp³-hybridized carbons (Fsp3) is 0.214.